The Morgan fingerprint density at radius 1 is 1.25 bits per heavy atom. The highest BCUT2D eigenvalue weighted by atomic mass is 16.5. The van der Waals surface area contributed by atoms with E-state index in [9.17, 15) is 4.79 Å². The van der Waals surface area contributed by atoms with E-state index in [-0.39, 0.29) is 17.5 Å². The first-order chi connectivity index (χ1) is 11.4. The number of rotatable bonds is 3. The number of nitrogens with zero attached hydrogens (tertiary/aromatic N) is 1. The fourth-order valence-corrected chi connectivity index (χ4v) is 3.64. The van der Waals surface area contributed by atoms with Crippen molar-refractivity contribution in [2.45, 2.75) is 51.5 Å². The standard InChI is InChI=1S/C20H30N2O2/c1-20(2,3)17-8-6-16(7-9-17)18-5-4-11-22(18)19(23)21-13-15-10-12-24-14-15/h6-9,15,18H,4-5,10-14H2,1-3H3,(H,21,23)/t15-,18-/m1/s1. The number of carbonyl (C=O) groups excluding carboxylic acids is 1. The maximum atomic E-state index is 12.6. The number of hydrogen-bond acceptors (Lipinski definition) is 2. The molecule has 1 N–H and O–H groups in total. The highest BCUT2D eigenvalue weighted by Crippen LogP contribution is 2.33. The summed E-state index contributed by atoms with van der Waals surface area (Å²) in [4.78, 5) is 14.6. The summed E-state index contributed by atoms with van der Waals surface area (Å²) in [6.45, 7) is 9.85. The van der Waals surface area contributed by atoms with Crippen LogP contribution in [0.25, 0.3) is 0 Å². The first kappa shape index (κ1) is 17.3. The van der Waals surface area contributed by atoms with Crippen molar-refractivity contribution in [1.82, 2.24) is 10.2 Å². The van der Waals surface area contributed by atoms with Crippen LogP contribution in [0.5, 0.6) is 0 Å². The number of carbonyl (C=O) groups is 1. The van der Waals surface area contributed by atoms with Crippen molar-refractivity contribution in [1.29, 1.82) is 0 Å². The second-order valence-electron chi connectivity index (χ2n) is 8.14. The van der Waals surface area contributed by atoms with Crippen LogP contribution in [-0.2, 0) is 10.2 Å². The van der Waals surface area contributed by atoms with Gasteiger partial charge in [-0.2, -0.15) is 0 Å². The van der Waals surface area contributed by atoms with E-state index in [1.165, 1.54) is 11.1 Å². The van der Waals surface area contributed by atoms with Crippen LogP contribution < -0.4 is 5.32 Å². The summed E-state index contributed by atoms with van der Waals surface area (Å²) in [7, 11) is 0. The molecule has 0 bridgehead atoms. The van der Waals surface area contributed by atoms with Crippen LogP contribution in [0.2, 0.25) is 0 Å². The Hall–Kier alpha value is -1.55. The minimum atomic E-state index is 0.0734. The lowest BCUT2D eigenvalue weighted by atomic mass is 9.86. The van der Waals surface area contributed by atoms with Crippen molar-refractivity contribution >= 4 is 6.03 Å². The van der Waals surface area contributed by atoms with Gasteiger partial charge in [-0.1, -0.05) is 45.0 Å². The fourth-order valence-electron chi connectivity index (χ4n) is 3.64. The monoisotopic (exact) mass is 330 g/mol. The molecule has 0 aromatic heterocycles. The zero-order chi connectivity index (χ0) is 17.2. The van der Waals surface area contributed by atoms with E-state index in [4.69, 9.17) is 4.74 Å². The molecular weight excluding hydrogens is 300 g/mol. The number of urea groups is 1. The van der Waals surface area contributed by atoms with Crippen molar-refractivity contribution in [2.24, 2.45) is 5.92 Å². The van der Waals surface area contributed by atoms with Crippen molar-refractivity contribution < 1.29 is 9.53 Å². The summed E-state index contributed by atoms with van der Waals surface area (Å²) in [5.41, 5.74) is 2.75. The van der Waals surface area contributed by atoms with Gasteiger partial charge < -0.3 is 15.0 Å². The molecule has 4 nitrogen and oxygen atoms in total. The summed E-state index contributed by atoms with van der Waals surface area (Å²) < 4.78 is 5.38. The third kappa shape index (κ3) is 3.92. The summed E-state index contributed by atoms with van der Waals surface area (Å²) in [5.74, 6) is 0.473. The van der Waals surface area contributed by atoms with Gasteiger partial charge in [0.25, 0.3) is 0 Å². The van der Waals surface area contributed by atoms with E-state index in [2.05, 4.69) is 50.4 Å². The Bertz CT molecular complexity index is 556. The highest BCUT2D eigenvalue weighted by Gasteiger charge is 2.30. The van der Waals surface area contributed by atoms with Crippen molar-refractivity contribution in [3.63, 3.8) is 0 Å². The molecule has 2 aliphatic rings. The molecule has 3 rings (SSSR count). The van der Waals surface area contributed by atoms with Gasteiger partial charge in [0, 0.05) is 25.6 Å². The number of benzene rings is 1. The number of nitrogens with one attached hydrogen (secondary N) is 1. The molecule has 2 amide bonds. The molecule has 0 saturated carbocycles. The lowest BCUT2D eigenvalue weighted by molar-refractivity contribution is 0.179. The van der Waals surface area contributed by atoms with Crippen LogP contribution in [-0.4, -0.2) is 37.2 Å². The second kappa shape index (κ2) is 7.14. The molecule has 0 spiro atoms. The van der Waals surface area contributed by atoms with Gasteiger partial charge in [0.1, 0.15) is 0 Å². The molecule has 1 aromatic rings. The summed E-state index contributed by atoms with van der Waals surface area (Å²) in [5, 5.41) is 3.11. The zero-order valence-corrected chi connectivity index (χ0v) is 15.2. The van der Waals surface area contributed by atoms with E-state index in [0.717, 1.165) is 45.6 Å². The highest BCUT2D eigenvalue weighted by molar-refractivity contribution is 5.75. The zero-order valence-electron chi connectivity index (χ0n) is 15.2. The first-order valence-electron chi connectivity index (χ1n) is 9.18. The molecule has 2 heterocycles. The molecule has 2 aliphatic heterocycles. The number of likely N-dealkylation sites (tertiary alicyclic amines) is 1. The third-order valence-electron chi connectivity index (χ3n) is 5.24. The van der Waals surface area contributed by atoms with Gasteiger partial charge in [0.15, 0.2) is 0 Å². The number of hydrogen-bond donors (Lipinski definition) is 1. The van der Waals surface area contributed by atoms with E-state index in [1.807, 2.05) is 4.90 Å². The van der Waals surface area contributed by atoms with Crippen LogP contribution >= 0.6 is 0 Å². The average Bonchev–Trinajstić information content (AvgIpc) is 3.23. The normalized spacial score (nSPS) is 24.4. The van der Waals surface area contributed by atoms with Gasteiger partial charge in [-0.3, -0.25) is 0 Å². The largest absolute Gasteiger partial charge is 0.381 e. The van der Waals surface area contributed by atoms with E-state index in [1.54, 1.807) is 0 Å². The Labute approximate surface area is 145 Å². The quantitative estimate of drug-likeness (QED) is 0.914. The van der Waals surface area contributed by atoms with Gasteiger partial charge in [-0.05, 0) is 35.8 Å². The summed E-state index contributed by atoms with van der Waals surface area (Å²) in [6, 6.07) is 9.09. The number of amides is 2. The molecule has 4 heteroatoms. The SMILES string of the molecule is CC(C)(C)c1ccc([C@H]2CCCN2C(=O)NC[C@H]2CCOC2)cc1. The topological polar surface area (TPSA) is 41.6 Å². The summed E-state index contributed by atoms with van der Waals surface area (Å²) >= 11 is 0. The van der Waals surface area contributed by atoms with E-state index in [0.29, 0.717) is 5.92 Å². The Morgan fingerprint density at radius 2 is 2.00 bits per heavy atom. The van der Waals surface area contributed by atoms with E-state index < -0.39 is 0 Å². The first-order valence-corrected chi connectivity index (χ1v) is 9.18. The second-order valence-corrected chi connectivity index (χ2v) is 8.14. The molecule has 132 valence electrons. The van der Waals surface area contributed by atoms with Crippen LogP contribution in [0.3, 0.4) is 0 Å². The fraction of sp³-hybridized carbons (Fsp3) is 0.650. The van der Waals surface area contributed by atoms with Crippen LogP contribution in [0.1, 0.15) is 57.2 Å². The minimum absolute atomic E-state index is 0.0734. The lowest BCUT2D eigenvalue weighted by Crippen LogP contribution is -2.41. The summed E-state index contributed by atoms with van der Waals surface area (Å²) in [6.07, 6.45) is 3.18. The molecule has 1 aromatic carbocycles. The molecular formula is C20H30N2O2. The Morgan fingerprint density at radius 3 is 2.62 bits per heavy atom. The van der Waals surface area contributed by atoms with E-state index >= 15 is 0 Å². The van der Waals surface area contributed by atoms with Gasteiger partial charge in [0.2, 0.25) is 0 Å². The maximum absolute atomic E-state index is 12.6. The molecule has 0 radical (unpaired) electrons. The van der Waals surface area contributed by atoms with Gasteiger partial charge in [-0.25, -0.2) is 4.79 Å². The Kier molecular flexibility index (Phi) is 5.14. The molecule has 2 fully saturated rings. The minimum Gasteiger partial charge on any atom is -0.381 e. The lowest BCUT2D eigenvalue weighted by Gasteiger charge is -2.27. The molecule has 2 atom stereocenters. The smallest absolute Gasteiger partial charge is 0.317 e. The maximum Gasteiger partial charge on any atom is 0.317 e. The Balaban J connectivity index is 1.62. The van der Waals surface area contributed by atoms with Gasteiger partial charge >= 0.3 is 6.03 Å². The van der Waals surface area contributed by atoms with Crippen molar-refractivity contribution in [2.75, 3.05) is 26.3 Å². The predicted molar refractivity (Wildman–Crippen MR) is 96.1 cm³/mol. The van der Waals surface area contributed by atoms with Crippen molar-refractivity contribution in [3.05, 3.63) is 35.4 Å². The average molecular weight is 330 g/mol. The molecule has 24 heavy (non-hydrogen) atoms. The van der Waals surface area contributed by atoms with Gasteiger partial charge in [-0.15, -0.1) is 0 Å². The van der Waals surface area contributed by atoms with Crippen LogP contribution in [0.15, 0.2) is 24.3 Å². The third-order valence-corrected chi connectivity index (χ3v) is 5.24. The van der Waals surface area contributed by atoms with Crippen LogP contribution in [0.4, 0.5) is 4.79 Å². The predicted octanol–water partition coefficient (Wildman–Crippen LogP) is 3.87. The number of ether oxygens (including phenoxy) is 1. The van der Waals surface area contributed by atoms with Crippen LogP contribution in [0, 0.1) is 5.92 Å². The molecule has 0 aliphatic carbocycles. The molecule has 2 saturated heterocycles. The van der Waals surface area contributed by atoms with Crippen molar-refractivity contribution in [3.8, 4) is 0 Å². The van der Waals surface area contributed by atoms with Gasteiger partial charge in [0.05, 0.1) is 12.6 Å². The molecule has 0 unspecified atom stereocenters.